The van der Waals surface area contributed by atoms with E-state index in [1.54, 1.807) is 24.3 Å². The maximum Gasteiger partial charge on any atom is 0.264 e. The quantitative estimate of drug-likeness (QED) is 0.664. The molecule has 0 saturated carbocycles. The van der Waals surface area contributed by atoms with Crippen molar-refractivity contribution in [3.05, 3.63) is 47.8 Å². The van der Waals surface area contributed by atoms with Gasteiger partial charge in [-0.1, -0.05) is 0 Å². The Morgan fingerprint density at radius 3 is 1.50 bits per heavy atom. The topological polar surface area (TPSA) is 113 Å². The summed E-state index contributed by atoms with van der Waals surface area (Å²) in [7, 11) is -7.07. The van der Waals surface area contributed by atoms with E-state index in [2.05, 4.69) is 9.97 Å². The van der Waals surface area contributed by atoms with Gasteiger partial charge in [-0.25, -0.2) is 0 Å². The zero-order chi connectivity index (χ0) is 17.8. The second-order valence-corrected chi connectivity index (χ2v) is 8.32. The fraction of sp³-hybridized carbons (Fsp3) is 0.286. The SMILES string of the molecule is CS(=O)(=O)OCc1ccnc(-c2cc(COS(C)(=O)=O)ccn2)c1. The molecule has 0 fully saturated rings. The molecular formula is C14H16N2O6S2. The minimum atomic E-state index is -3.54. The van der Waals surface area contributed by atoms with E-state index >= 15 is 0 Å². The monoisotopic (exact) mass is 372 g/mol. The number of aromatic nitrogens is 2. The molecule has 0 spiro atoms. The van der Waals surface area contributed by atoms with Crippen molar-refractivity contribution in [1.29, 1.82) is 0 Å². The van der Waals surface area contributed by atoms with Gasteiger partial charge in [0.1, 0.15) is 0 Å². The van der Waals surface area contributed by atoms with Gasteiger partial charge >= 0.3 is 0 Å². The molecule has 0 atom stereocenters. The van der Waals surface area contributed by atoms with Crippen molar-refractivity contribution in [1.82, 2.24) is 9.97 Å². The highest BCUT2D eigenvalue weighted by Crippen LogP contribution is 2.18. The number of pyridine rings is 2. The summed E-state index contributed by atoms with van der Waals surface area (Å²) >= 11 is 0. The summed E-state index contributed by atoms with van der Waals surface area (Å²) in [6.07, 6.45) is 4.97. The molecule has 0 aliphatic heterocycles. The molecule has 130 valence electrons. The first-order chi connectivity index (χ1) is 11.1. The van der Waals surface area contributed by atoms with Crippen LogP contribution in [0.5, 0.6) is 0 Å². The van der Waals surface area contributed by atoms with E-state index in [4.69, 9.17) is 8.37 Å². The fourth-order valence-corrected chi connectivity index (χ4v) is 2.46. The van der Waals surface area contributed by atoms with E-state index in [9.17, 15) is 16.8 Å². The van der Waals surface area contributed by atoms with Gasteiger partial charge < -0.3 is 0 Å². The molecule has 0 bridgehead atoms. The Morgan fingerprint density at radius 1 is 0.792 bits per heavy atom. The summed E-state index contributed by atoms with van der Waals surface area (Å²) in [6.45, 7) is -0.212. The molecule has 2 heterocycles. The minimum Gasteiger partial charge on any atom is -0.265 e. The lowest BCUT2D eigenvalue weighted by atomic mass is 10.1. The smallest absolute Gasteiger partial charge is 0.264 e. The lowest BCUT2D eigenvalue weighted by Crippen LogP contribution is -2.04. The summed E-state index contributed by atoms with van der Waals surface area (Å²) in [4.78, 5) is 8.35. The lowest BCUT2D eigenvalue weighted by molar-refractivity contribution is 0.310. The summed E-state index contributed by atoms with van der Waals surface area (Å²) < 4.78 is 53.7. The number of hydrogen-bond acceptors (Lipinski definition) is 8. The van der Waals surface area contributed by atoms with Crippen LogP contribution in [0.1, 0.15) is 11.1 Å². The highest BCUT2D eigenvalue weighted by atomic mass is 32.2. The molecule has 0 N–H and O–H groups in total. The van der Waals surface area contributed by atoms with Gasteiger partial charge in [0.2, 0.25) is 0 Å². The first-order valence-electron chi connectivity index (χ1n) is 6.71. The number of hydrogen-bond donors (Lipinski definition) is 0. The van der Waals surface area contributed by atoms with Gasteiger partial charge in [0, 0.05) is 12.4 Å². The third-order valence-corrected chi connectivity index (χ3v) is 3.88. The van der Waals surface area contributed by atoms with Gasteiger partial charge in [-0.3, -0.25) is 18.3 Å². The molecule has 2 aromatic rings. The molecule has 0 saturated heterocycles. The van der Waals surface area contributed by atoms with Gasteiger partial charge in [0.05, 0.1) is 37.1 Å². The third kappa shape index (κ3) is 6.32. The van der Waals surface area contributed by atoms with E-state index in [1.807, 2.05) is 0 Å². The Labute approximate surface area is 140 Å². The van der Waals surface area contributed by atoms with Gasteiger partial charge in [0.25, 0.3) is 20.2 Å². The Morgan fingerprint density at radius 2 is 1.17 bits per heavy atom. The molecule has 10 heteroatoms. The molecule has 8 nitrogen and oxygen atoms in total. The van der Waals surface area contributed by atoms with Crippen LogP contribution in [0, 0.1) is 0 Å². The lowest BCUT2D eigenvalue weighted by Gasteiger charge is -2.06. The summed E-state index contributed by atoms with van der Waals surface area (Å²) in [5.74, 6) is 0. The van der Waals surface area contributed by atoms with Crippen molar-refractivity contribution >= 4 is 20.2 Å². The average molecular weight is 372 g/mol. The van der Waals surface area contributed by atoms with Crippen LogP contribution in [0.15, 0.2) is 36.7 Å². The Kier molecular flexibility index (Phi) is 5.65. The number of rotatable bonds is 7. The molecule has 0 amide bonds. The number of nitrogens with zero attached hydrogens (tertiary/aromatic N) is 2. The first-order valence-corrected chi connectivity index (χ1v) is 10.3. The van der Waals surface area contributed by atoms with Crippen molar-refractivity contribution in [2.75, 3.05) is 12.5 Å². The van der Waals surface area contributed by atoms with Crippen molar-refractivity contribution in [3.63, 3.8) is 0 Å². The molecule has 0 radical (unpaired) electrons. The highest BCUT2D eigenvalue weighted by Gasteiger charge is 2.08. The second-order valence-electron chi connectivity index (χ2n) is 5.03. The van der Waals surface area contributed by atoms with Crippen LogP contribution in [0.4, 0.5) is 0 Å². The van der Waals surface area contributed by atoms with Gasteiger partial charge in [0.15, 0.2) is 0 Å². The molecule has 2 rings (SSSR count). The van der Waals surface area contributed by atoms with Gasteiger partial charge in [-0.05, 0) is 35.4 Å². The van der Waals surface area contributed by atoms with E-state index in [0.717, 1.165) is 12.5 Å². The highest BCUT2D eigenvalue weighted by molar-refractivity contribution is 7.86. The van der Waals surface area contributed by atoms with Crippen LogP contribution in [0.3, 0.4) is 0 Å². The first kappa shape index (κ1) is 18.5. The van der Waals surface area contributed by atoms with Crippen LogP contribution in [-0.4, -0.2) is 39.3 Å². The normalized spacial score (nSPS) is 12.2. The average Bonchev–Trinajstić information content (AvgIpc) is 2.50. The predicted octanol–water partition coefficient (Wildman–Crippen LogP) is 1.10. The van der Waals surface area contributed by atoms with Gasteiger partial charge in [-0.15, -0.1) is 0 Å². The molecule has 0 aliphatic rings. The molecule has 0 aliphatic carbocycles. The maximum atomic E-state index is 11.0. The third-order valence-electron chi connectivity index (χ3n) is 2.79. The minimum absolute atomic E-state index is 0.106. The fourth-order valence-electron chi connectivity index (χ4n) is 1.76. The zero-order valence-electron chi connectivity index (χ0n) is 13.0. The summed E-state index contributed by atoms with van der Waals surface area (Å²) in [5, 5.41) is 0. The zero-order valence-corrected chi connectivity index (χ0v) is 14.7. The van der Waals surface area contributed by atoms with Crippen molar-refractivity contribution < 1.29 is 25.2 Å². The summed E-state index contributed by atoms with van der Waals surface area (Å²) in [5.41, 5.74) is 2.24. The van der Waals surface area contributed by atoms with Crippen molar-refractivity contribution in [2.24, 2.45) is 0 Å². The van der Waals surface area contributed by atoms with Gasteiger partial charge in [-0.2, -0.15) is 16.8 Å². The maximum absolute atomic E-state index is 11.0. The van der Waals surface area contributed by atoms with Crippen LogP contribution >= 0.6 is 0 Å². The predicted molar refractivity (Wildman–Crippen MR) is 86.7 cm³/mol. The van der Waals surface area contributed by atoms with E-state index in [-0.39, 0.29) is 13.2 Å². The molecule has 24 heavy (non-hydrogen) atoms. The van der Waals surface area contributed by atoms with Crippen LogP contribution in [-0.2, 0) is 41.8 Å². The largest absolute Gasteiger partial charge is 0.265 e. The van der Waals surface area contributed by atoms with E-state index in [1.165, 1.54) is 12.4 Å². The Balaban J connectivity index is 2.19. The van der Waals surface area contributed by atoms with Crippen molar-refractivity contribution in [3.8, 4) is 11.4 Å². The molecule has 0 aromatic carbocycles. The van der Waals surface area contributed by atoms with E-state index < -0.39 is 20.2 Å². The Hall–Kier alpha value is -1.88. The van der Waals surface area contributed by atoms with Crippen LogP contribution in [0.25, 0.3) is 11.4 Å². The van der Waals surface area contributed by atoms with Crippen molar-refractivity contribution in [2.45, 2.75) is 13.2 Å². The molecule has 2 aromatic heterocycles. The Bertz CT molecular complexity index is 848. The van der Waals surface area contributed by atoms with E-state index in [0.29, 0.717) is 22.5 Å². The molecule has 0 unspecified atom stereocenters. The van der Waals surface area contributed by atoms with Crippen LogP contribution < -0.4 is 0 Å². The second kappa shape index (κ2) is 7.34. The molecular weight excluding hydrogens is 356 g/mol. The summed E-state index contributed by atoms with van der Waals surface area (Å²) in [6, 6.07) is 6.56. The van der Waals surface area contributed by atoms with Crippen LogP contribution in [0.2, 0.25) is 0 Å². The standard InChI is InChI=1S/C14H16N2O6S2/c1-23(17,18)21-9-11-3-5-15-13(7-11)14-8-12(4-6-16-14)10-22-24(2,19)20/h3-8H,9-10H2,1-2H3.